The van der Waals surface area contributed by atoms with Gasteiger partial charge in [-0.25, -0.2) is 5.43 Å². The van der Waals surface area contributed by atoms with Gasteiger partial charge in [-0.15, -0.1) is 12.4 Å². The molecule has 3 aliphatic rings. The number of amides is 1. The number of benzene rings is 1. The zero-order valence-electron chi connectivity index (χ0n) is 14.8. The van der Waals surface area contributed by atoms with Gasteiger partial charge in [0.25, 0.3) is 0 Å². The van der Waals surface area contributed by atoms with Crippen LogP contribution in [0, 0.1) is 5.92 Å². The van der Waals surface area contributed by atoms with Gasteiger partial charge >= 0.3 is 0 Å². The second kappa shape index (κ2) is 8.42. The largest absolute Gasteiger partial charge is 0.369 e. The Kier molecular flexibility index (Phi) is 6.43. The van der Waals surface area contributed by atoms with E-state index in [0.717, 1.165) is 25.1 Å². The maximum absolute atomic E-state index is 13.2. The number of carbonyl (C=O) groups is 1. The third kappa shape index (κ3) is 3.72. The first-order valence-corrected chi connectivity index (χ1v) is 9.41. The average molecular weight is 401 g/mol. The molecule has 4 rings (SSSR count). The van der Waals surface area contributed by atoms with Crippen molar-refractivity contribution in [2.75, 3.05) is 26.2 Å². The van der Waals surface area contributed by atoms with Gasteiger partial charge in [-0.1, -0.05) is 29.8 Å². The van der Waals surface area contributed by atoms with Gasteiger partial charge in [0.2, 0.25) is 5.91 Å². The molecule has 3 heterocycles. The highest BCUT2D eigenvalue weighted by Gasteiger charge is 2.44. The highest BCUT2D eigenvalue weighted by molar-refractivity contribution is 6.31. The predicted molar refractivity (Wildman–Crippen MR) is 103 cm³/mol. The normalized spacial score (nSPS) is 34.1. The molecule has 5 unspecified atom stereocenters. The summed E-state index contributed by atoms with van der Waals surface area (Å²) in [5.41, 5.74) is 7.49. The smallest absolute Gasteiger partial charge is 0.241 e. The van der Waals surface area contributed by atoms with E-state index in [9.17, 15) is 4.79 Å². The van der Waals surface area contributed by atoms with Crippen LogP contribution in [-0.4, -0.2) is 55.2 Å². The molecule has 26 heavy (non-hydrogen) atoms. The van der Waals surface area contributed by atoms with E-state index in [2.05, 4.69) is 16.2 Å². The summed E-state index contributed by atoms with van der Waals surface area (Å²) in [5, 5.41) is 4.09. The average Bonchev–Trinajstić information content (AvgIpc) is 3.06. The first-order chi connectivity index (χ1) is 12.1. The summed E-state index contributed by atoms with van der Waals surface area (Å²) < 4.78 is 5.98. The number of hydrazine groups is 1. The van der Waals surface area contributed by atoms with Crippen molar-refractivity contribution in [1.29, 1.82) is 0 Å². The van der Waals surface area contributed by atoms with E-state index in [4.69, 9.17) is 16.3 Å². The van der Waals surface area contributed by atoms with Crippen molar-refractivity contribution >= 4 is 29.9 Å². The molecule has 3 aliphatic heterocycles. The van der Waals surface area contributed by atoms with Crippen molar-refractivity contribution < 1.29 is 9.53 Å². The van der Waals surface area contributed by atoms with Crippen LogP contribution < -0.4 is 16.2 Å². The van der Waals surface area contributed by atoms with Crippen molar-refractivity contribution in [3.05, 3.63) is 34.9 Å². The highest BCUT2D eigenvalue weighted by Crippen LogP contribution is 2.31. The van der Waals surface area contributed by atoms with Crippen LogP contribution in [0.2, 0.25) is 5.02 Å². The lowest BCUT2D eigenvalue weighted by molar-refractivity contribution is -0.147. The third-order valence-electron chi connectivity index (χ3n) is 5.62. The molecule has 3 saturated heterocycles. The summed E-state index contributed by atoms with van der Waals surface area (Å²) in [6.45, 7) is 4.97. The second-order valence-electron chi connectivity index (χ2n) is 7.21. The van der Waals surface area contributed by atoms with Gasteiger partial charge in [0.05, 0.1) is 19.2 Å². The van der Waals surface area contributed by atoms with Gasteiger partial charge in [-0.05, 0) is 26.0 Å². The Morgan fingerprint density at radius 3 is 2.92 bits per heavy atom. The van der Waals surface area contributed by atoms with Crippen molar-refractivity contribution in [3.8, 4) is 0 Å². The number of ether oxygens (including phenoxy) is 1. The molecule has 8 heteroatoms. The summed E-state index contributed by atoms with van der Waals surface area (Å²) >= 11 is 6.33. The Morgan fingerprint density at radius 1 is 1.31 bits per heavy atom. The van der Waals surface area contributed by atoms with E-state index in [1.807, 2.05) is 36.1 Å². The molecule has 0 radical (unpaired) electrons. The lowest BCUT2D eigenvalue weighted by Crippen LogP contribution is -2.56. The number of fused-ring (bicyclic) bond motifs is 1. The summed E-state index contributed by atoms with van der Waals surface area (Å²) in [7, 11) is 0. The van der Waals surface area contributed by atoms with Crippen molar-refractivity contribution in [1.82, 2.24) is 21.1 Å². The van der Waals surface area contributed by atoms with E-state index in [1.165, 1.54) is 0 Å². The summed E-state index contributed by atoms with van der Waals surface area (Å²) in [6.07, 6.45) is 0.867. The molecule has 3 N–H and O–H groups in total. The minimum Gasteiger partial charge on any atom is -0.369 e. The second-order valence-corrected chi connectivity index (χ2v) is 7.62. The van der Waals surface area contributed by atoms with Crippen LogP contribution in [-0.2, 0) is 9.53 Å². The lowest BCUT2D eigenvalue weighted by Gasteiger charge is -2.40. The fourth-order valence-electron chi connectivity index (χ4n) is 4.13. The molecule has 6 nitrogen and oxygen atoms in total. The molecule has 1 aromatic carbocycles. The molecule has 5 atom stereocenters. The van der Waals surface area contributed by atoms with Crippen molar-refractivity contribution in [2.45, 2.75) is 37.6 Å². The fourth-order valence-corrected chi connectivity index (χ4v) is 4.39. The molecular formula is C18H26Cl2N4O2. The predicted octanol–water partition coefficient (Wildman–Crippen LogP) is 1.50. The van der Waals surface area contributed by atoms with E-state index in [1.54, 1.807) is 0 Å². The van der Waals surface area contributed by atoms with Crippen LogP contribution in [0.3, 0.4) is 0 Å². The molecule has 3 fully saturated rings. The number of morpholine rings is 1. The molecule has 0 saturated carbocycles. The van der Waals surface area contributed by atoms with Crippen molar-refractivity contribution in [3.63, 3.8) is 0 Å². The minimum absolute atomic E-state index is 0. The molecule has 0 spiro atoms. The van der Waals surface area contributed by atoms with Gasteiger partial charge in [0.15, 0.2) is 0 Å². The zero-order chi connectivity index (χ0) is 17.4. The minimum atomic E-state index is -0.190. The Balaban J connectivity index is 0.00000196. The Hall–Kier alpha value is -0.890. The van der Waals surface area contributed by atoms with Gasteiger partial charge in [-0.2, -0.15) is 0 Å². The number of hydrogen-bond donors (Lipinski definition) is 3. The first kappa shape index (κ1) is 19.9. The van der Waals surface area contributed by atoms with Gasteiger partial charge < -0.3 is 15.0 Å². The van der Waals surface area contributed by atoms with Gasteiger partial charge in [0, 0.05) is 29.1 Å². The molecule has 0 aromatic heterocycles. The molecule has 144 valence electrons. The fraction of sp³-hybridized carbons (Fsp3) is 0.611. The summed E-state index contributed by atoms with van der Waals surface area (Å²) in [5.74, 6) is 0.437. The van der Waals surface area contributed by atoms with Crippen LogP contribution in [0.1, 0.15) is 25.0 Å². The topological polar surface area (TPSA) is 65.6 Å². The number of rotatable bonds is 2. The van der Waals surface area contributed by atoms with E-state index >= 15 is 0 Å². The number of nitrogens with zero attached hydrogens (tertiary/aromatic N) is 1. The SMILES string of the molecule is CC1COC(c2ccccc2Cl)CN1C(=O)C1NNC2CCNCC21.Cl. The number of hydrogen-bond acceptors (Lipinski definition) is 5. The lowest BCUT2D eigenvalue weighted by atomic mass is 9.88. The molecular weight excluding hydrogens is 375 g/mol. The van der Waals surface area contributed by atoms with Crippen LogP contribution in [0.25, 0.3) is 0 Å². The van der Waals surface area contributed by atoms with E-state index in [0.29, 0.717) is 24.2 Å². The van der Waals surface area contributed by atoms with Crippen LogP contribution in [0.4, 0.5) is 0 Å². The maximum atomic E-state index is 13.2. The van der Waals surface area contributed by atoms with Gasteiger partial charge in [-0.3, -0.25) is 10.2 Å². The number of nitrogens with one attached hydrogen (secondary N) is 3. The van der Waals surface area contributed by atoms with Crippen LogP contribution >= 0.6 is 24.0 Å². The van der Waals surface area contributed by atoms with E-state index in [-0.39, 0.29) is 42.4 Å². The monoisotopic (exact) mass is 400 g/mol. The van der Waals surface area contributed by atoms with Crippen LogP contribution in [0.5, 0.6) is 0 Å². The number of halogens is 2. The molecule has 0 bridgehead atoms. The molecule has 1 aromatic rings. The van der Waals surface area contributed by atoms with Crippen LogP contribution in [0.15, 0.2) is 24.3 Å². The van der Waals surface area contributed by atoms with Gasteiger partial charge in [0.1, 0.15) is 12.1 Å². The summed E-state index contributed by atoms with van der Waals surface area (Å²) in [6, 6.07) is 7.94. The number of carbonyl (C=O) groups excluding carboxylic acids is 1. The maximum Gasteiger partial charge on any atom is 0.241 e. The quantitative estimate of drug-likeness (QED) is 0.701. The van der Waals surface area contributed by atoms with E-state index < -0.39 is 0 Å². The zero-order valence-corrected chi connectivity index (χ0v) is 16.4. The highest BCUT2D eigenvalue weighted by atomic mass is 35.5. The molecule has 1 amide bonds. The Morgan fingerprint density at radius 2 is 2.12 bits per heavy atom. The third-order valence-corrected chi connectivity index (χ3v) is 5.96. The Bertz CT molecular complexity index is 647. The summed E-state index contributed by atoms with van der Waals surface area (Å²) in [4.78, 5) is 15.2. The molecule has 0 aliphatic carbocycles. The number of piperidine rings is 1. The standard InChI is InChI=1S/C18H25ClN4O2.ClH/c1-11-10-25-16(12-4-2-3-5-14(12)19)9-23(11)18(24)17-13-8-20-7-6-15(13)21-22-17;/h2-5,11,13,15-17,20-22H,6-10H2,1H3;1H. The first-order valence-electron chi connectivity index (χ1n) is 9.03. The Labute approximate surface area is 165 Å². The van der Waals surface area contributed by atoms with Crippen molar-refractivity contribution in [2.24, 2.45) is 5.92 Å².